The molecular weight excluding hydrogens is 480 g/mol. The second-order valence-corrected chi connectivity index (χ2v) is 11.0. The Morgan fingerprint density at radius 2 is 0.850 bits per heavy atom. The van der Waals surface area contributed by atoms with Crippen LogP contribution in [0.5, 0.6) is 0 Å². The zero-order valence-electron chi connectivity index (χ0n) is 27.0. The number of allylic oxidation sites excluding steroid dienone is 16. The fraction of sp³-hybridized carbons (Fsp3) is 0.600. The predicted molar refractivity (Wildman–Crippen MR) is 186 cm³/mol. The first-order valence-corrected chi connectivity index (χ1v) is 17.2. The number of unbranched alkanes of at least 4 members (excludes halogenated alkanes) is 15. The first-order chi connectivity index (χ1) is 19.8. The third-order valence-corrected chi connectivity index (χ3v) is 7.06. The number of hydrogen-bond donors (Lipinski definition) is 0. The highest BCUT2D eigenvalue weighted by Crippen LogP contribution is 2.12. The molecule has 0 unspecified atom stereocenters. The van der Waals surface area contributed by atoms with Gasteiger partial charge in [0.1, 0.15) is 0 Å². The zero-order valence-corrected chi connectivity index (χ0v) is 27.0. The van der Waals surface area contributed by atoms with Gasteiger partial charge in [0.15, 0.2) is 0 Å². The molecule has 0 spiro atoms. The summed E-state index contributed by atoms with van der Waals surface area (Å²) in [4.78, 5) is 0. The summed E-state index contributed by atoms with van der Waals surface area (Å²) in [5.41, 5.74) is 1.42. The first kappa shape index (κ1) is 37.9. The second-order valence-electron chi connectivity index (χ2n) is 11.0. The molecule has 0 amide bonds. The molecule has 0 heteroatoms. The molecule has 0 aromatic rings. The molecule has 0 bridgehead atoms. The van der Waals surface area contributed by atoms with Crippen molar-refractivity contribution in [1.82, 2.24) is 0 Å². The average molecular weight is 547 g/mol. The molecule has 0 radical (unpaired) electrons. The van der Waals surface area contributed by atoms with Crippen molar-refractivity contribution in [2.24, 2.45) is 0 Å². The van der Waals surface area contributed by atoms with Gasteiger partial charge in [-0.3, -0.25) is 0 Å². The Kier molecular flexibility index (Phi) is 33.1. The molecule has 0 saturated heterocycles. The van der Waals surface area contributed by atoms with Gasteiger partial charge in [0.2, 0.25) is 0 Å². The average Bonchev–Trinajstić information content (AvgIpc) is 2.97. The van der Waals surface area contributed by atoms with Crippen LogP contribution >= 0.6 is 0 Å². The van der Waals surface area contributed by atoms with Crippen molar-refractivity contribution in [1.29, 1.82) is 0 Å². The Hall–Kier alpha value is -2.08. The molecular formula is C40H66. The molecule has 0 N–H and O–H groups in total. The Balaban J connectivity index is 4.18. The van der Waals surface area contributed by atoms with Crippen LogP contribution in [0, 0.1) is 0 Å². The quantitative estimate of drug-likeness (QED) is 0.0520. The first-order valence-electron chi connectivity index (χ1n) is 17.2. The summed E-state index contributed by atoms with van der Waals surface area (Å²) >= 11 is 0. The van der Waals surface area contributed by atoms with Gasteiger partial charge in [0.25, 0.3) is 0 Å². The largest absolute Gasteiger partial charge is 0.0882 e. The predicted octanol–water partition coefficient (Wildman–Crippen LogP) is 14.1. The maximum atomic E-state index is 2.42. The SMILES string of the molecule is CCCCC=CCC=CCC=CCC(C=CC=CC=CC=CCCCCCCCCCCCC)=CCCCCC. The maximum absolute atomic E-state index is 2.42. The lowest BCUT2D eigenvalue weighted by Gasteiger charge is -2.01. The summed E-state index contributed by atoms with van der Waals surface area (Å²) in [6.07, 6.45) is 60.9. The van der Waals surface area contributed by atoms with E-state index in [-0.39, 0.29) is 0 Å². The minimum atomic E-state index is 1.01. The molecule has 0 aromatic heterocycles. The summed E-state index contributed by atoms with van der Waals surface area (Å²) < 4.78 is 0. The fourth-order valence-corrected chi connectivity index (χ4v) is 4.46. The van der Waals surface area contributed by atoms with E-state index < -0.39 is 0 Å². The monoisotopic (exact) mass is 547 g/mol. The van der Waals surface area contributed by atoms with E-state index >= 15 is 0 Å². The van der Waals surface area contributed by atoms with Crippen LogP contribution in [0.1, 0.15) is 156 Å². The lowest BCUT2D eigenvalue weighted by Crippen LogP contribution is -1.81. The van der Waals surface area contributed by atoms with E-state index in [1.54, 1.807) is 0 Å². The van der Waals surface area contributed by atoms with Crippen molar-refractivity contribution in [2.75, 3.05) is 0 Å². The molecule has 0 saturated carbocycles. The van der Waals surface area contributed by atoms with Gasteiger partial charge in [0, 0.05) is 0 Å². The van der Waals surface area contributed by atoms with Crippen LogP contribution in [0.15, 0.2) is 96.7 Å². The van der Waals surface area contributed by atoms with Crippen LogP contribution < -0.4 is 0 Å². The van der Waals surface area contributed by atoms with Crippen molar-refractivity contribution in [3.05, 3.63) is 96.7 Å². The Morgan fingerprint density at radius 1 is 0.375 bits per heavy atom. The standard InChI is InChI=1S/C40H66/c1-4-7-10-13-15-17-19-20-21-22-23-24-25-27-29-31-33-36-39-40(37-34-12-9-6-3)38-35-32-30-28-26-18-16-14-11-8-5-2/h14,16,24-29,31-33,35-37,39H,4-13,15,17-23,30,34,38H2,1-3H3. The van der Waals surface area contributed by atoms with Gasteiger partial charge in [-0.05, 0) is 56.9 Å². The van der Waals surface area contributed by atoms with Gasteiger partial charge in [0.05, 0.1) is 0 Å². The van der Waals surface area contributed by atoms with Crippen molar-refractivity contribution in [2.45, 2.75) is 156 Å². The second kappa shape index (κ2) is 34.9. The van der Waals surface area contributed by atoms with Crippen molar-refractivity contribution in [3.63, 3.8) is 0 Å². The van der Waals surface area contributed by atoms with Crippen molar-refractivity contribution >= 4 is 0 Å². The molecule has 0 fully saturated rings. The topological polar surface area (TPSA) is 0 Å². The molecule has 0 heterocycles. The van der Waals surface area contributed by atoms with E-state index in [4.69, 9.17) is 0 Å². The third-order valence-electron chi connectivity index (χ3n) is 7.06. The van der Waals surface area contributed by atoms with Crippen LogP contribution in [0.4, 0.5) is 0 Å². The number of rotatable bonds is 28. The van der Waals surface area contributed by atoms with Gasteiger partial charge in [-0.1, -0.05) is 195 Å². The van der Waals surface area contributed by atoms with Crippen molar-refractivity contribution < 1.29 is 0 Å². The van der Waals surface area contributed by atoms with E-state index in [1.165, 1.54) is 121 Å². The minimum absolute atomic E-state index is 1.01. The number of hydrogen-bond acceptors (Lipinski definition) is 0. The molecule has 0 nitrogen and oxygen atoms in total. The molecule has 0 aliphatic rings. The minimum Gasteiger partial charge on any atom is -0.0882 e. The van der Waals surface area contributed by atoms with Crippen LogP contribution in [0.25, 0.3) is 0 Å². The summed E-state index contributed by atoms with van der Waals surface area (Å²) in [6, 6.07) is 0. The molecule has 0 aromatic carbocycles. The lowest BCUT2D eigenvalue weighted by atomic mass is 10.1. The summed E-state index contributed by atoms with van der Waals surface area (Å²) in [5.74, 6) is 0. The maximum Gasteiger partial charge on any atom is -0.0101 e. The highest BCUT2D eigenvalue weighted by Gasteiger charge is 1.92. The van der Waals surface area contributed by atoms with Gasteiger partial charge in [-0.2, -0.15) is 0 Å². The van der Waals surface area contributed by atoms with Crippen LogP contribution in [-0.2, 0) is 0 Å². The molecule has 0 rings (SSSR count). The third kappa shape index (κ3) is 32.1. The summed E-state index contributed by atoms with van der Waals surface area (Å²) in [6.45, 7) is 6.81. The Bertz CT molecular complexity index is 734. The van der Waals surface area contributed by atoms with Crippen LogP contribution in [-0.4, -0.2) is 0 Å². The van der Waals surface area contributed by atoms with E-state index in [0.717, 1.165) is 19.3 Å². The van der Waals surface area contributed by atoms with E-state index in [2.05, 4.69) is 112 Å². The normalized spacial score (nSPS) is 13.4. The van der Waals surface area contributed by atoms with E-state index in [1.807, 2.05) is 0 Å². The molecule has 40 heavy (non-hydrogen) atoms. The Morgan fingerprint density at radius 3 is 1.52 bits per heavy atom. The summed E-state index contributed by atoms with van der Waals surface area (Å²) in [7, 11) is 0. The Labute approximate surface area is 251 Å². The summed E-state index contributed by atoms with van der Waals surface area (Å²) in [5, 5.41) is 0. The van der Waals surface area contributed by atoms with Crippen LogP contribution in [0.3, 0.4) is 0 Å². The van der Waals surface area contributed by atoms with Gasteiger partial charge in [-0.25, -0.2) is 0 Å². The highest BCUT2D eigenvalue weighted by atomic mass is 14.0. The molecule has 0 atom stereocenters. The van der Waals surface area contributed by atoms with Gasteiger partial charge < -0.3 is 0 Å². The van der Waals surface area contributed by atoms with Crippen molar-refractivity contribution in [3.8, 4) is 0 Å². The van der Waals surface area contributed by atoms with Gasteiger partial charge in [-0.15, -0.1) is 0 Å². The van der Waals surface area contributed by atoms with E-state index in [0.29, 0.717) is 0 Å². The fourth-order valence-electron chi connectivity index (χ4n) is 4.46. The zero-order chi connectivity index (χ0) is 29.0. The smallest absolute Gasteiger partial charge is 0.0101 e. The van der Waals surface area contributed by atoms with Gasteiger partial charge >= 0.3 is 0 Å². The highest BCUT2D eigenvalue weighted by molar-refractivity contribution is 5.26. The lowest BCUT2D eigenvalue weighted by molar-refractivity contribution is 0.557. The molecule has 0 aliphatic heterocycles. The van der Waals surface area contributed by atoms with E-state index in [9.17, 15) is 0 Å². The van der Waals surface area contributed by atoms with Crippen LogP contribution in [0.2, 0.25) is 0 Å². The molecule has 226 valence electrons. The molecule has 0 aliphatic carbocycles.